The van der Waals surface area contributed by atoms with Crippen LogP contribution in [0.15, 0.2) is 0 Å². The second kappa shape index (κ2) is 6.80. The van der Waals surface area contributed by atoms with Crippen molar-refractivity contribution >= 4 is 34.2 Å². The highest BCUT2D eigenvalue weighted by atomic mass is 32.1. The molecule has 0 fully saturated rings. The van der Waals surface area contributed by atoms with Gasteiger partial charge in [-0.05, 0) is 24.4 Å². The molecule has 1 amide bonds. The van der Waals surface area contributed by atoms with Gasteiger partial charge in [-0.3, -0.25) is 4.79 Å². The normalized spacial score (nSPS) is 10.1. The molecule has 0 unspecified atom stereocenters. The van der Waals surface area contributed by atoms with Crippen LogP contribution in [0.4, 0.5) is 10.8 Å². The van der Waals surface area contributed by atoms with E-state index in [9.17, 15) is 9.59 Å². The molecule has 0 saturated heterocycles. The number of carbonyl (C=O) groups is 2. The smallest absolute Gasteiger partial charge is 0.344 e. The van der Waals surface area contributed by atoms with Crippen LogP contribution in [0.2, 0.25) is 0 Å². The summed E-state index contributed by atoms with van der Waals surface area (Å²) in [6.07, 6.45) is 1.82. The van der Waals surface area contributed by atoms with Gasteiger partial charge in [0.05, 0.1) is 7.11 Å². The maximum atomic E-state index is 11.5. The number of amides is 1. The minimum atomic E-state index is -0.513. The highest BCUT2D eigenvalue weighted by Crippen LogP contribution is 2.27. The second-order valence-electron chi connectivity index (χ2n) is 3.61. The molecule has 1 rings (SSSR count). The third-order valence-electron chi connectivity index (χ3n) is 2.24. The summed E-state index contributed by atoms with van der Waals surface area (Å²) in [5, 5.41) is 3.63. The Balaban J connectivity index is 2.47. The average Bonchev–Trinajstić information content (AvgIpc) is 2.69. The molecule has 0 aliphatic heterocycles. The van der Waals surface area contributed by atoms with Gasteiger partial charge in [0.15, 0.2) is 5.82 Å². The number of nitrogens with one attached hydrogen (secondary N) is 1. The number of ether oxygens (including phenoxy) is 1. The van der Waals surface area contributed by atoms with Gasteiger partial charge in [-0.25, -0.2) is 4.79 Å². The van der Waals surface area contributed by atoms with E-state index in [1.165, 1.54) is 7.11 Å². The van der Waals surface area contributed by atoms with Gasteiger partial charge in [-0.15, -0.1) is 0 Å². The lowest BCUT2D eigenvalue weighted by Gasteiger charge is -2.05. The molecule has 0 spiro atoms. The van der Waals surface area contributed by atoms with Crippen molar-refractivity contribution in [1.82, 2.24) is 4.37 Å². The Morgan fingerprint density at radius 3 is 2.78 bits per heavy atom. The lowest BCUT2D eigenvalue weighted by atomic mass is 10.2. The standard InChI is InChI=1S/C10H16N4O3S/c1-17-10(16)7-8(12)14-18-9(7)13-5-3-2-4-6(11)15/h13H,2-5H2,1H3,(H2,11,15)(H2,12,14). The number of nitrogens with two attached hydrogens (primary N) is 2. The summed E-state index contributed by atoms with van der Waals surface area (Å²) in [6.45, 7) is 0.610. The first-order valence-electron chi connectivity index (χ1n) is 5.42. The Labute approximate surface area is 109 Å². The highest BCUT2D eigenvalue weighted by Gasteiger charge is 2.19. The van der Waals surface area contributed by atoms with E-state index in [0.29, 0.717) is 24.4 Å². The maximum Gasteiger partial charge on any atom is 0.344 e. The largest absolute Gasteiger partial charge is 0.465 e. The summed E-state index contributed by atoms with van der Waals surface area (Å²) in [7, 11) is 1.29. The summed E-state index contributed by atoms with van der Waals surface area (Å²) in [5.74, 6) is -0.667. The molecule has 0 atom stereocenters. The number of methoxy groups -OCH3 is 1. The second-order valence-corrected chi connectivity index (χ2v) is 4.39. The Kier molecular flexibility index (Phi) is 5.37. The number of esters is 1. The van der Waals surface area contributed by atoms with E-state index in [0.717, 1.165) is 18.0 Å². The van der Waals surface area contributed by atoms with Crippen LogP contribution in [-0.4, -0.2) is 29.9 Å². The SMILES string of the molecule is COC(=O)c1c(N)nsc1NCCCCC(N)=O. The zero-order valence-electron chi connectivity index (χ0n) is 10.1. The number of anilines is 2. The predicted molar refractivity (Wildman–Crippen MR) is 69.4 cm³/mol. The number of carbonyl (C=O) groups excluding carboxylic acids is 2. The minimum Gasteiger partial charge on any atom is -0.465 e. The van der Waals surface area contributed by atoms with Gasteiger partial charge >= 0.3 is 5.97 Å². The van der Waals surface area contributed by atoms with Crippen molar-refractivity contribution in [3.8, 4) is 0 Å². The maximum absolute atomic E-state index is 11.5. The van der Waals surface area contributed by atoms with E-state index in [1.807, 2.05) is 0 Å². The van der Waals surface area contributed by atoms with Crippen molar-refractivity contribution in [3.63, 3.8) is 0 Å². The lowest BCUT2D eigenvalue weighted by molar-refractivity contribution is -0.118. The molecular formula is C10H16N4O3S. The molecule has 18 heavy (non-hydrogen) atoms. The third kappa shape index (κ3) is 3.88. The molecule has 0 saturated carbocycles. The fraction of sp³-hybridized carbons (Fsp3) is 0.500. The summed E-state index contributed by atoms with van der Waals surface area (Å²) in [4.78, 5) is 22.0. The number of hydrogen-bond acceptors (Lipinski definition) is 7. The van der Waals surface area contributed by atoms with Crippen molar-refractivity contribution in [2.24, 2.45) is 5.73 Å². The summed E-state index contributed by atoms with van der Waals surface area (Å²) in [6, 6.07) is 0. The number of nitrogens with zero attached hydrogens (tertiary/aromatic N) is 1. The van der Waals surface area contributed by atoms with E-state index in [4.69, 9.17) is 11.5 Å². The molecule has 0 radical (unpaired) electrons. The topological polar surface area (TPSA) is 120 Å². The van der Waals surface area contributed by atoms with Crippen molar-refractivity contribution in [1.29, 1.82) is 0 Å². The van der Waals surface area contributed by atoms with E-state index < -0.39 is 5.97 Å². The number of primary amides is 1. The first kappa shape index (κ1) is 14.2. The van der Waals surface area contributed by atoms with E-state index in [-0.39, 0.29) is 17.3 Å². The van der Waals surface area contributed by atoms with Gasteiger partial charge in [-0.2, -0.15) is 4.37 Å². The Morgan fingerprint density at radius 1 is 1.44 bits per heavy atom. The molecule has 1 aromatic heterocycles. The van der Waals surface area contributed by atoms with Crippen molar-refractivity contribution in [3.05, 3.63) is 5.56 Å². The van der Waals surface area contributed by atoms with Crippen LogP contribution in [0.3, 0.4) is 0 Å². The van der Waals surface area contributed by atoms with E-state index in [1.54, 1.807) is 0 Å². The number of unbranched alkanes of at least 4 members (excludes halogenated alkanes) is 1. The van der Waals surface area contributed by atoms with E-state index in [2.05, 4.69) is 14.4 Å². The Morgan fingerprint density at radius 2 is 2.17 bits per heavy atom. The van der Waals surface area contributed by atoms with Gasteiger partial charge in [0, 0.05) is 13.0 Å². The van der Waals surface area contributed by atoms with E-state index >= 15 is 0 Å². The zero-order chi connectivity index (χ0) is 13.5. The Hall–Kier alpha value is -1.83. The molecule has 0 aliphatic carbocycles. The lowest BCUT2D eigenvalue weighted by Crippen LogP contribution is -2.11. The fourth-order valence-corrected chi connectivity index (χ4v) is 2.08. The molecule has 0 aromatic carbocycles. The van der Waals surface area contributed by atoms with Crippen LogP contribution >= 0.6 is 11.5 Å². The van der Waals surface area contributed by atoms with Crippen molar-refractivity contribution in [2.75, 3.05) is 24.7 Å². The quantitative estimate of drug-likeness (QED) is 0.493. The summed E-state index contributed by atoms with van der Waals surface area (Å²) in [5.41, 5.74) is 10.9. The van der Waals surface area contributed by atoms with Crippen LogP contribution in [0.1, 0.15) is 29.6 Å². The van der Waals surface area contributed by atoms with Gasteiger partial charge in [0.2, 0.25) is 5.91 Å². The molecule has 1 aromatic rings. The van der Waals surface area contributed by atoms with Crippen LogP contribution in [0.5, 0.6) is 0 Å². The van der Waals surface area contributed by atoms with Gasteiger partial charge < -0.3 is 21.5 Å². The Bertz CT molecular complexity index is 433. The molecule has 8 heteroatoms. The molecule has 7 nitrogen and oxygen atoms in total. The molecule has 0 aliphatic rings. The van der Waals surface area contributed by atoms with Crippen LogP contribution in [0, 0.1) is 0 Å². The van der Waals surface area contributed by atoms with Crippen LogP contribution in [0.25, 0.3) is 0 Å². The fourth-order valence-electron chi connectivity index (χ4n) is 1.35. The first-order valence-corrected chi connectivity index (χ1v) is 6.19. The average molecular weight is 272 g/mol. The minimum absolute atomic E-state index is 0.159. The monoisotopic (exact) mass is 272 g/mol. The summed E-state index contributed by atoms with van der Waals surface area (Å²) >= 11 is 1.11. The zero-order valence-corrected chi connectivity index (χ0v) is 10.9. The van der Waals surface area contributed by atoms with Crippen LogP contribution < -0.4 is 16.8 Å². The van der Waals surface area contributed by atoms with Crippen LogP contribution in [-0.2, 0) is 9.53 Å². The van der Waals surface area contributed by atoms with Crippen molar-refractivity contribution in [2.45, 2.75) is 19.3 Å². The molecule has 1 heterocycles. The van der Waals surface area contributed by atoms with Gasteiger partial charge in [0.1, 0.15) is 10.6 Å². The number of aromatic nitrogens is 1. The number of hydrogen-bond donors (Lipinski definition) is 3. The third-order valence-corrected chi connectivity index (χ3v) is 3.06. The molecule has 0 bridgehead atoms. The molecule has 100 valence electrons. The van der Waals surface area contributed by atoms with Gasteiger partial charge in [-0.1, -0.05) is 0 Å². The van der Waals surface area contributed by atoms with Gasteiger partial charge in [0.25, 0.3) is 0 Å². The first-order chi connectivity index (χ1) is 8.56. The highest BCUT2D eigenvalue weighted by molar-refractivity contribution is 7.11. The summed E-state index contributed by atoms with van der Waals surface area (Å²) < 4.78 is 8.52. The predicted octanol–water partition coefficient (Wildman–Crippen LogP) is 0.579. The van der Waals surface area contributed by atoms with Crippen molar-refractivity contribution < 1.29 is 14.3 Å². The number of rotatable bonds is 7. The molecular weight excluding hydrogens is 256 g/mol. The number of nitrogen functional groups attached to an aromatic ring is 1. The molecule has 5 N–H and O–H groups in total.